The van der Waals surface area contributed by atoms with Crippen LogP contribution in [0.25, 0.3) is 0 Å². The lowest BCUT2D eigenvalue weighted by atomic mass is 10.3. The van der Waals surface area contributed by atoms with Gasteiger partial charge in [0.25, 0.3) is 0 Å². The van der Waals surface area contributed by atoms with Crippen molar-refractivity contribution in [3.8, 4) is 5.75 Å². The van der Waals surface area contributed by atoms with Crippen molar-refractivity contribution >= 4 is 17.5 Å². The predicted molar refractivity (Wildman–Crippen MR) is 79.1 cm³/mol. The lowest BCUT2D eigenvalue weighted by molar-refractivity contribution is -0.121. The lowest BCUT2D eigenvalue weighted by Gasteiger charge is -2.17. The highest BCUT2D eigenvalue weighted by atomic mass is 16.5. The van der Waals surface area contributed by atoms with Gasteiger partial charge in [-0.25, -0.2) is 9.97 Å². The Balaban J connectivity index is 2.80. The summed E-state index contributed by atoms with van der Waals surface area (Å²) < 4.78 is 5.31. The van der Waals surface area contributed by atoms with Gasteiger partial charge in [0.2, 0.25) is 11.7 Å². The molecule has 0 bridgehead atoms. The summed E-state index contributed by atoms with van der Waals surface area (Å²) in [7, 11) is 1.55. The van der Waals surface area contributed by atoms with Crippen molar-refractivity contribution in [2.45, 2.75) is 33.2 Å². The average molecular weight is 281 g/mol. The Morgan fingerprint density at radius 1 is 1.35 bits per heavy atom. The first-order chi connectivity index (χ1) is 9.63. The highest BCUT2D eigenvalue weighted by molar-refractivity contribution is 5.84. The molecule has 1 aromatic heterocycles. The summed E-state index contributed by atoms with van der Waals surface area (Å²) in [5.41, 5.74) is 0. The molecule has 1 rings (SSSR count). The monoisotopic (exact) mass is 281 g/mol. The second kappa shape index (κ2) is 8.19. The second-order valence-electron chi connectivity index (χ2n) is 4.29. The molecule has 20 heavy (non-hydrogen) atoms. The van der Waals surface area contributed by atoms with Crippen LogP contribution in [-0.2, 0) is 4.79 Å². The third-order valence-corrected chi connectivity index (χ3v) is 2.65. The smallest absolute Gasteiger partial charge is 0.242 e. The molecular weight excluding hydrogens is 258 g/mol. The summed E-state index contributed by atoms with van der Waals surface area (Å²) >= 11 is 0. The number of nitrogens with zero attached hydrogens (tertiary/aromatic N) is 2. The summed E-state index contributed by atoms with van der Waals surface area (Å²) in [5, 5.41) is 8.96. The van der Waals surface area contributed by atoms with Crippen molar-refractivity contribution in [2.75, 3.05) is 30.8 Å². The molecule has 0 aromatic carbocycles. The molecular formula is C13H23N5O2. The Morgan fingerprint density at radius 2 is 2.05 bits per heavy atom. The SMILES string of the molecule is CCCNC(=O)C(C)Nc1ncnc(NCC)c1OC. The zero-order valence-electron chi connectivity index (χ0n) is 12.5. The molecule has 3 N–H and O–H groups in total. The van der Waals surface area contributed by atoms with E-state index in [0.717, 1.165) is 13.0 Å². The molecule has 0 radical (unpaired) electrons. The highest BCUT2D eigenvalue weighted by Crippen LogP contribution is 2.29. The number of hydrogen-bond acceptors (Lipinski definition) is 6. The van der Waals surface area contributed by atoms with E-state index >= 15 is 0 Å². The molecule has 7 heteroatoms. The number of methoxy groups -OCH3 is 1. The number of hydrogen-bond donors (Lipinski definition) is 3. The van der Waals surface area contributed by atoms with Gasteiger partial charge in [-0.2, -0.15) is 0 Å². The van der Waals surface area contributed by atoms with Crippen LogP contribution in [-0.4, -0.2) is 42.1 Å². The Kier molecular flexibility index (Phi) is 6.55. The maximum absolute atomic E-state index is 11.8. The van der Waals surface area contributed by atoms with E-state index in [4.69, 9.17) is 4.74 Å². The molecule has 112 valence electrons. The standard InChI is InChI=1S/C13H23N5O2/c1-5-7-15-13(19)9(3)18-12-10(20-4)11(14-6-2)16-8-17-12/h8-9H,5-7H2,1-4H3,(H,15,19)(H2,14,16,17,18). The third kappa shape index (κ3) is 4.25. The number of amides is 1. The summed E-state index contributed by atoms with van der Waals surface area (Å²) in [4.78, 5) is 20.1. The van der Waals surface area contributed by atoms with Crippen LogP contribution in [0.15, 0.2) is 6.33 Å². The van der Waals surface area contributed by atoms with Crippen LogP contribution < -0.4 is 20.7 Å². The molecule has 1 aromatic rings. The summed E-state index contributed by atoms with van der Waals surface area (Å²) in [6.07, 6.45) is 2.33. The molecule has 0 saturated carbocycles. The van der Waals surface area contributed by atoms with Crippen LogP contribution in [0.2, 0.25) is 0 Å². The van der Waals surface area contributed by atoms with Gasteiger partial charge in [-0.05, 0) is 20.3 Å². The highest BCUT2D eigenvalue weighted by Gasteiger charge is 2.17. The minimum atomic E-state index is -0.403. The second-order valence-corrected chi connectivity index (χ2v) is 4.29. The number of rotatable bonds is 8. The molecule has 7 nitrogen and oxygen atoms in total. The van der Waals surface area contributed by atoms with Gasteiger partial charge >= 0.3 is 0 Å². The van der Waals surface area contributed by atoms with E-state index in [1.54, 1.807) is 14.0 Å². The van der Waals surface area contributed by atoms with Crippen molar-refractivity contribution in [3.63, 3.8) is 0 Å². The fourth-order valence-corrected chi connectivity index (χ4v) is 1.64. The van der Waals surface area contributed by atoms with Gasteiger partial charge in [0.05, 0.1) is 7.11 Å². The average Bonchev–Trinajstić information content (AvgIpc) is 2.45. The van der Waals surface area contributed by atoms with E-state index in [-0.39, 0.29) is 5.91 Å². The first-order valence-corrected chi connectivity index (χ1v) is 6.81. The Hall–Kier alpha value is -2.05. The summed E-state index contributed by atoms with van der Waals surface area (Å²) in [5.74, 6) is 1.54. The minimum absolute atomic E-state index is 0.0717. The van der Waals surface area contributed by atoms with Gasteiger partial charge in [0, 0.05) is 13.1 Å². The number of carbonyl (C=O) groups excluding carboxylic acids is 1. The van der Waals surface area contributed by atoms with Crippen LogP contribution in [0.4, 0.5) is 11.6 Å². The first-order valence-electron chi connectivity index (χ1n) is 6.81. The number of aromatic nitrogens is 2. The molecule has 0 saturated heterocycles. The predicted octanol–water partition coefficient (Wildman–Crippen LogP) is 1.24. The zero-order valence-corrected chi connectivity index (χ0v) is 12.5. The van der Waals surface area contributed by atoms with Gasteiger partial charge in [0.15, 0.2) is 11.6 Å². The number of carbonyl (C=O) groups is 1. The lowest BCUT2D eigenvalue weighted by Crippen LogP contribution is -2.38. The van der Waals surface area contributed by atoms with Gasteiger partial charge in [-0.15, -0.1) is 0 Å². The molecule has 0 aliphatic heterocycles. The van der Waals surface area contributed by atoms with E-state index in [1.165, 1.54) is 6.33 Å². The van der Waals surface area contributed by atoms with Crippen LogP contribution in [0.3, 0.4) is 0 Å². The number of nitrogens with one attached hydrogen (secondary N) is 3. The summed E-state index contributed by atoms with van der Waals surface area (Å²) in [6.45, 7) is 7.14. The van der Waals surface area contributed by atoms with Crippen molar-refractivity contribution in [1.29, 1.82) is 0 Å². The Bertz CT molecular complexity index is 439. The number of anilines is 2. The van der Waals surface area contributed by atoms with Crippen LogP contribution in [0.1, 0.15) is 27.2 Å². The zero-order chi connectivity index (χ0) is 15.0. The van der Waals surface area contributed by atoms with E-state index < -0.39 is 6.04 Å². The molecule has 0 aliphatic carbocycles. The van der Waals surface area contributed by atoms with Crippen LogP contribution in [0, 0.1) is 0 Å². The molecule has 1 heterocycles. The topological polar surface area (TPSA) is 88.2 Å². The third-order valence-electron chi connectivity index (χ3n) is 2.65. The van der Waals surface area contributed by atoms with E-state index in [1.807, 2.05) is 13.8 Å². The van der Waals surface area contributed by atoms with Crippen LogP contribution in [0.5, 0.6) is 5.75 Å². The first kappa shape index (κ1) is 16.0. The fourth-order valence-electron chi connectivity index (χ4n) is 1.64. The molecule has 1 atom stereocenters. The molecule has 1 amide bonds. The van der Waals surface area contributed by atoms with E-state index in [2.05, 4.69) is 25.9 Å². The quantitative estimate of drug-likeness (QED) is 0.664. The normalized spacial score (nSPS) is 11.6. The summed E-state index contributed by atoms with van der Waals surface area (Å²) in [6, 6.07) is -0.403. The fraction of sp³-hybridized carbons (Fsp3) is 0.615. The Labute approximate surface area is 119 Å². The van der Waals surface area contributed by atoms with E-state index in [0.29, 0.717) is 23.9 Å². The molecule has 1 unspecified atom stereocenters. The van der Waals surface area contributed by atoms with Crippen molar-refractivity contribution < 1.29 is 9.53 Å². The molecule has 0 fully saturated rings. The maximum atomic E-state index is 11.8. The van der Waals surface area contributed by atoms with Gasteiger partial charge in [-0.3, -0.25) is 4.79 Å². The van der Waals surface area contributed by atoms with Crippen molar-refractivity contribution in [2.24, 2.45) is 0 Å². The van der Waals surface area contributed by atoms with Crippen molar-refractivity contribution in [1.82, 2.24) is 15.3 Å². The van der Waals surface area contributed by atoms with Gasteiger partial charge in [0.1, 0.15) is 12.4 Å². The van der Waals surface area contributed by atoms with E-state index in [9.17, 15) is 4.79 Å². The minimum Gasteiger partial charge on any atom is -0.490 e. The van der Waals surface area contributed by atoms with Gasteiger partial charge < -0.3 is 20.7 Å². The maximum Gasteiger partial charge on any atom is 0.242 e. The Morgan fingerprint density at radius 3 is 2.65 bits per heavy atom. The van der Waals surface area contributed by atoms with Crippen molar-refractivity contribution in [3.05, 3.63) is 6.33 Å². The molecule has 0 spiro atoms. The van der Waals surface area contributed by atoms with Crippen LogP contribution >= 0.6 is 0 Å². The largest absolute Gasteiger partial charge is 0.490 e. The number of ether oxygens (including phenoxy) is 1. The molecule has 0 aliphatic rings. The van der Waals surface area contributed by atoms with Gasteiger partial charge in [-0.1, -0.05) is 6.92 Å².